The zero-order valence-electron chi connectivity index (χ0n) is 17.4. The second-order valence-electron chi connectivity index (χ2n) is 7.18. The van der Waals surface area contributed by atoms with E-state index in [1.807, 2.05) is 24.5 Å². The molecule has 31 heavy (non-hydrogen) atoms. The van der Waals surface area contributed by atoms with E-state index in [9.17, 15) is 13.2 Å². The summed E-state index contributed by atoms with van der Waals surface area (Å²) in [6, 6.07) is 20.0. The van der Waals surface area contributed by atoms with E-state index in [1.54, 1.807) is 6.20 Å². The number of hydrogen-bond acceptors (Lipinski definition) is 2. The summed E-state index contributed by atoms with van der Waals surface area (Å²) in [5, 5.41) is 5.49. The number of benzene rings is 3. The molecule has 0 bridgehead atoms. The third kappa shape index (κ3) is 5.51. The van der Waals surface area contributed by atoms with Crippen molar-refractivity contribution in [1.82, 2.24) is 4.98 Å². The molecule has 0 unspecified atom stereocenters. The van der Waals surface area contributed by atoms with Crippen LogP contribution in [0.4, 0.5) is 18.9 Å². The highest BCUT2D eigenvalue weighted by Gasteiger charge is 2.24. The molecule has 2 nitrogen and oxygen atoms in total. The first-order valence-corrected chi connectivity index (χ1v) is 9.74. The average molecular weight is 420 g/mol. The Morgan fingerprint density at radius 3 is 2.48 bits per heavy atom. The first kappa shape index (κ1) is 22.1. The lowest BCUT2D eigenvalue weighted by Crippen LogP contribution is -2.07. The van der Waals surface area contributed by atoms with Gasteiger partial charge in [-0.25, -0.2) is 13.2 Å². The van der Waals surface area contributed by atoms with Crippen LogP contribution in [-0.4, -0.2) is 4.98 Å². The van der Waals surface area contributed by atoms with Crippen molar-refractivity contribution < 1.29 is 13.2 Å². The Bertz CT molecular complexity index is 1190. The number of nitrogens with one attached hydrogen (secondary N) is 1. The topological polar surface area (TPSA) is 24.9 Å². The molecule has 0 aliphatic heterocycles. The van der Waals surface area contributed by atoms with E-state index in [0.717, 1.165) is 36.2 Å². The lowest BCUT2D eigenvalue weighted by molar-refractivity contribution is 0.0173. The maximum Gasteiger partial charge on any atom is 0.270 e. The molecule has 0 saturated carbocycles. The zero-order valence-corrected chi connectivity index (χ0v) is 17.4. The predicted molar refractivity (Wildman–Crippen MR) is 122 cm³/mol. The molecule has 0 saturated heterocycles. The van der Waals surface area contributed by atoms with Gasteiger partial charge in [-0.15, -0.1) is 0 Å². The van der Waals surface area contributed by atoms with Crippen LogP contribution in [0.5, 0.6) is 0 Å². The van der Waals surface area contributed by atoms with E-state index in [4.69, 9.17) is 0 Å². The van der Waals surface area contributed by atoms with Crippen molar-refractivity contribution >= 4 is 16.5 Å². The third-order valence-electron chi connectivity index (χ3n) is 4.79. The second kappa shape index (κ2) is 9.47. The van der Waals surface area contributed by atoms with E-state index in [2.05, 4.69) is 53.3 Å². The lowest BCUT2D eigenvalue weighted by atomic mass is 9.99. The van der Waals surface area contributed by atoms with Gasteiger partial charge in [-0.05, 0) is 65.5 Å². The Morgan fingerprint density at radius 2 is 1.77 bits per heavy atom. The van der Waals surface area contributed by atoms with Gasteiger partial charge < -0.3 is 5.32 Å². The highest BCUT2D eigenvalue weighted by molar-refractivity contribution is 5.96. The van der Waals surface area contributed by atoms with Gasteiger partial charge in [-0.3, -0.25) is 4.98 Å². The first-order chi connectivity index (χ1) is 14.8. The number of aryl methyl sites for hydroxylation is 1. The summed E-state index contributed by atoms with van der Waals surface area (Å²) in [5.41, 5.74) is 3.53. The van der Waals surface area contributed by atoms with Gasteiger partial charge in [0.25, 0.3) is 5.92 Å². The van der Waals surface area contributed by atoms with Crippen LogP contribution in [0.15, 0.2) is 91.9 Å². The second-order valence-corrected chi connectivity index (χ2v) is 7.18. The average Bonchev–Trinajstić information content (AvgIpc) is 2.75. The molecular weight excluding hydrogens is 397 g/mol. The number of nitrogens with zero attached hydrogens (tertiary/aromatic N) is 1. The zero-order chi connectivity index (χ0) is 22.4. The van der Waals surface area contributed by atoms with E-state index in [-0.39, 0.29) is 11.1 Å². The maximum absolute atomic E-state index is 12.6. The molecule has 0 fully saturated rings. The lowest BCUT2D eigenvalue weighted by Gasteiger charge is -2.10. The highest BCUT2D eigenvalue weighted by Crippen LogP contribution is 2.30. The van der Waals surface area contributed by atoms with Crippen LogP contribution in [0.1, 0.15) is 18.1 Å². The molecule has 5 heteroatoms. The summed E-state index contributed by atoms with van der Waals surface area (Å²) in [6.45, 7) is 5.94. The Morgan fingerprint density at radius 1 is 1.00 bits per heavy atom. The molecule has 0 radical (unpaired) electrons. The molecule has 1 aromatic heterocycles. The smallest absolute Gasteiger partial charge is 0.270 e. The molecule has 0 atom stereocenters. The van der Waals surface area contributed by atoms with Crippen LogP contribution in [0, 0.1) is 12.7 Å². The van der Waals surface area contributed by atoms with Gasteiger partial charge in [0.2, 0.25) is 0 Å². The Hall–Kier alpha value is -3.60. The van der Waals surface area contributed by atoms with E-state index >= 15 is 0 Å². The number of hydrogen-bond donors (Lipinski definition) is 1. The molecule has 158 valence electrons. The summed E-state index contributed by atoms with van der Waals surface area (Å²) < 4.78 is 37.9. The summed E-state index contributed by atoms with van der Waals surface area (Å²) in [6.07, 6.45) is 5.41. The standard InChI is InChI=1S/C17H14N2.C9H9F3/c1-2-19-15-7-3-5-13(11-15)16-8-4-6-14-12-18-10-9-17(14)16;1-6-5-7(9(2,11)12)3-4-8(6)10/h2-12,19H,1H2;3-5H,1-2H3. The van der Waals surface area contributed by atoms with Crippen molar-refractivity contribution in [3.63, 3.8) is 0 Å². The Labute approximate surface area is 180 Å². The molecule has 0 aliphatic rings. The molecule has 3 aromatic carbocycles. The van der Waals surface area contributed by atoms with Crippen molar-refractivity contribution in [3.8, 4) is 11.1 Å². The van der Waals surface area contributed by atoms with Crippen LogP contribution in [0.3, 0.4) is 0 Å². The Balaban J connectivity index is 0.000000196. The van der Waals surface area contributed by atoms with E-state index in [0.29, 0.717) is 0 Å². The molecule has 1 heterocycles. The molecule has 0 spiro atoms. The molecule has 1 N–H and O–H groups in total. The Kier molecular flexibility index (Phi) is 6.75. The summed E-state index contributed by atoms with van der Waals surface area (Å²) >= 11 is 0. The minimum atomic E-state index is -2.89. The van der Waals surface area contributed by atoms with Gasteiger partial charge in [0.1, 0.15) is 5.82 Å². The number of aromatic nitrogens is 1. The number of anilines is 1. The summed E-state index contributed by atoms with van der Waals surface area (Å²) in [7, 11) is 0. The van der Waals surface area contributed by atoms with Gasteiger partial charge in [0.15, 0.2) is 0 Å². The van der Waals surface area contributed by atoms with Gasteiger partial charge in [-0.2, -0.15) is 0 Å². The first-order valence-electron chi connectivity index (χ1n) is 9.74. The number of halogens is 3. The van der Waals surface area contributed by atoms with E-state index in [1.165, 1.54) is 23.4 Å². The van der Waals surface area contributed by atoms with Gasteiger partial charge >= 0.3 is 0 Å². The van der Waals surface area contributed by atoms with Crippen molar-refractivity contribution in [3.05, 3.63) is 109 Å². The monoisotopic (exact) mass is 420 g/mol. The van der Waals surface area contributed by atoms with Crippen LogP contribution in [0.25, 0.3) is 21.9 Å². The van der Waals surface area contributed by atoms with Gasteiger partial charge in [0.05, 0.1) is 0 Å². The van der Waals surface area contributed by atoms with Gasteiger partial charge in [0, 0.05) is 36.0 Å². The van der Waals surface area contributed by atoms with Crippen LogP contribution in [-0.2, 0) is 5.92 Å². The van der Waals surface area contributed by atoms with Crippen molar-refractivity contribution in [1.29, 1.82) is 0 Å². The SMILES string of the molecule is C=CNc1cccc(-c2cccc3cnccc23)c1.Cc1cc(C(C)(F)F)ccc1F. The largest absolute Gasteiger partial charge is 0.362 e. The molecular formula is C26H23F3N2. The fourth-order valence-corrected chi connectivity index (χ4v) is 3.19. The van der Waals surface area contributed by atoms with Crippen molar-refractivity contribution in [2.45, 2.75) is 19.8 Å². The molecule has 4 aromatic rings. The number of fused-ring (bicyclic) bond motifs is 1. The summed E-state index contributed by atoms with van der Waals surface area (Å²) in [4.78, 5) is 4.17. The van der Waals surface area contributed by atoms with Crippen molar-refractivity contribution in [2.24, 2.45) is 0 Å². The summed E-state index contributed by atoms with van der Waals surface area (Å²) in [5.74, 6) is -3.35. The van der Waals surface area contributed by atoms with Gasteiger partial charge in [-0.1, -0.05) is 43.0 Å². The number of alkyl halides is 2. The van der Waals surface area contributed by atoms with Crippen LogP contribution in [0.2, 0.25) is 0 Å². The number of rotatable bonds is 4. The van der Waals surface area contributed by atoms with E-state index < -0.39 is 11.7 Å². The predicted octanol–water partition coefficient (Wildman–Crippen LogP) is 7.70. The minimum absolute atomic E-state index is 0.151. The maximum atomic E-state index is 12.6. The molecule has 0 aliphatic carbocycles. The fourth-order valence-electron chi connectivity index (χ4n) is 3.19. The van der Waals surface area contributed by atoms with Crippen LogP contribution >= 0.6 is 0 Å². The van der Waals surface area contributed by atoms with Crippen molar-refractivity contribution in [2.75, 3.05) is 5.32 Å². The normalized spacial score (nSPS) is 10.9. The minimum Gasteiger partial charge on any atom is -0.362 e. The quantitative estimate of drug-likeness (QED) is 0.366. The fraction of sp³-hybridized carbons (Fsp3) is 0.115. The van der Waals surface area contributed by atoms with Crippen LogP contribution < -0.4 is 5.32 Å². The molecule has 4 rings (SSSR count). The highest BCUT2D eigenvalue weighted by atomic mass is 19.3. The molecule has 0 amide bonds. The number of pyridine rings is 1. The third-order valence-corrected chi connectivity index (χ3v) is 4.79.